The summed E-state index contributed by atoms with van der Waals surface area (Å²) in [5, 5.41) is 0.904. The molecule has 0 bridgehead atoms. The number of carbonyl (C=O) groups is 1. The summed E-state index contributed by atoms with van der Waals surface area (Å²) in [6.07, 6.45) is -0.0449. The van der Waals surface area contributed by atoms with Crippen molar-refractivity contribution in [2.45, 2.75) is 18.9 Å². The molecular weight excluding hydrogens is 458 g/mol. The van der Waals surface area contributed by atoms with Gasteiger partial charge in [-0.25, -0.2) is 14.8 Å². The standard InChI is InChI=1S/C32H27N3O2/c33-32(36)37-29(21-20-23-12-4-1-5-13-23)27-22-30(34-28-19-11-10-18-26(27)28)35-31(24-14-6-2-7-15-24)25-16-8-3-9-17-25/h1-19,22,29H,20-21H2,(H2,33,36). The van der Waals surface area contributed by atoms with Gasteiger partial charge in [0.05, 0.1) is 11.2 Å². The van der Waals surface area contributed by atoms with E-state index in [-0.39, 0.29) is 0 Å². The third-order valence-corrected chi connectivity index (χ3v) is 6.20. The van der Waals surface area contributed by atoms with Gasteiger partial charge in [-0.15, -0.1) is 0 Å². The first-order valence-corrected chi connectivity index (χ1v) is 12.3. The molecule has 1 atom stereocenters. The largest absolute Gasteiger partial charge is 0.441 e. The number of benzene rings is 4. The molecule has 0 aliphatic rings. The Morgan fingerprint density at radius 2 is 1.35 bits per heavy atom. The zero-order chi connectivity index (χ0) is 25.5. The summed E-state index contributed by atoms with van der Waals surface area (Å²) in [4.78, 5) is 21.8. The number of aliphatic imine (C=N–C) groups is 1. The molecule has 5 aromatic rings. The van der Waals surface area contributed by atoms with Crippen molar-refractivity contribution in [3.63, 3.8) is 0 Å². The number of nitrogens with two attached hydrogens (primary N) is 1. The van der Waals surface area contributed by atoms with Crippen molar-refractivity contribution >= 4 is 28.5 Å². The van der Waals surface area contributed by atoms with E-state index in [4.69, 9.17) is 20.4 Å². The summed E-state index contributed by atoms with van der Waals surface area (Å²) >= 11 is 0. The van der Waals surface area contributed by atoms with E-state index in [1.165, 1.54) is 0 Å². The third-order valence-electron chi connectivity index (χ3n) is 6.20. The second kappa shape index (κ2) is 11.3. The highest BCUT2D eigenvalue weighted by Crippen LogP contribution is 2.33. The van der Waals surface area contributed by atoms with Crippen LogP contribution in [0.25, 0.3) is 10.9 Å². The number of amides is 1. The number of aryl methyl sites for hydroxylation is 1. The van der Waals surface area contributed by atoms with Crippen LogP contribution >= 0.6 is 0 Å². The zero-order valence-corrected chi connectivity index (χ0v) is 20.3. The highest BCUT2D eigenvalue weighted by Gasteiger charge is 2.20. The summed E-state index contributed by atoms with van der Waals surface area (Å²) in [6.45, 7) is 0. The van der Waals surface area contributed by atoms with E-state index in [0.29, 0.717) is 12.2 Å². The number of carbonyl (C=O) groups excluding carboxylic acids is 1. The fraction of sp³-hybridized carbons (Fsp3) is 0.0938. The molecule has 0 spiro atoms. The van der Waals surface area contributed by atoms with Crippen LogP contribution in [0, 0.1) is 0 Å². The van der Waals surface area contributed by atoms with Crippen LogP contribution in [0.5, 0.6) is 0 Å². The van der Waals surface area contributed by atoms with Crippen LogP contribution < -0.4 is 5.73 Å². The Morgan fingerprint density at radius 1 is 0.784 bits per heavy atom. The van der Waals surface area contributed by atoms with Gasteiger partial charge in [0.15, 0.2) is 5.82 Å². The first kappa shape index (κ1) is 23.9. The lowest BCUT2D eigenvalue weighted by atomic mass is 9.97. The predicted molar refractivity (Wildman–Crippen MR) is 148 cm³/mol. The number of para-hydroxylation sites is 1. The van der Waals surface area contributed by atoms with Crippen molar-refractivity contribution < 1.29 is 9.53 Å². The molecule has 0 saturated heterocycles. The van der Waals surface area contributed by atoms with Crippen LogP contribution in [0.15, 0.2) is 126 Å². The van der Waals surface area contributed by atoms with Gasteiger partial charge in [-0.2, -0.15) is 0 Å². The number of ether oxygens (including phenoxy) is 1. The van der Waals surface area contributed by atoms with Gasteiger partial charge in [-0.1, -0.05) is 109 Å². The van der Waals surface area contributed by atoms with Crippen LogP contribution in [0.4, 0.5) is 10.6 Å². The number of hydrogen-bond acceptors (Lipinski definition) is 4. The molecule has 0 radical (unpaired) electrons. The van der Waals surface area contributed by atoms with Crippen molar-refractivity contribution in [1.82, 2.24) is 4.98 Å². The Bertz CT molecular complexity index is 1480. The van der Waals surface area contributed by atoms with Crippen molar-refractivity contribution in [2.24, 2.45) is 10.7 Å². The molecule has 1 heterocycles. The maximum absolute atomic E-state index is 11.9. The van der Waals surface area contributed by atoms with Gasteiger partial charge in [0.25, 0.3) is 0 Å². The average molecular weight is 486 g/mol. The first-order chi connectivity index (χ1) is 18.2. The van der Waals surface area contributed by atoms with Crippen LogP contribution in [-0.4, -0.2) is 16.8 Å². The number of aromatic nitrogens is 1. The molecule has 5 rings (SSSR count). The van der Waals surface area contributed by atoms with E-state index in [9.17, 15) is 4.79 Å². The highest BCUT2D eigenvalue weighted by atomic mass is 16.6. The average Bonchev–Trinajstić information content (AvgIpc) is 2.95. The molecule has 0 aliphatic heterocycles. The van der Waals surface area contributed by atoms with Gasteiger partial charge in [-0.05, 0) is 30.5 Å². The minimum atomic E-state index is -0.807. The number of rotatable bonds is 8. The summed E-state index contributed by atoms with van der Waals surface area (Å²) in [7, 11) is 0. The fourth-order valence-corrected chi connectivity index (χ4v) is 4.47. The molecule has 5 nitrogen and oxygen atoms in total. The highest BCUT2D eigenvalue weighted by molar-refractivity contribution is 6.13. The number of nitrogens with zero attached hydrogens (tertiary/aromatic N) is 2. The molecule has 4 aromatic carbocycles. The SMILES string of the molecule is NC(=O)OC(CCc1ccccc1)c1cc(N=C(c2ccccc2)c2ccccc2)nc2ccccc12. The Morgan fingerprint density at radius 3 is 1.97 bits per heavy atom. The molecule has 1 aromatic heterocycles. The molecular formula is C32H27N3O2. The molecule has 182 valence electrons. The molecule has 2 N–H and O–H groups in total. The minimum absolute atomic E-state index is 0.536. The van der Waals surface area contributed by atoms with Crippen LogP contribution in [0.2, 0.25) is 0 Å². The normalized spacial score (nSPS) is 11.6. The second-order valence-electron chi connectivity index (χ2n) is 8.73. The lowest BCUT2D eigenvalue weighted by Crippen LogP contribution is -2.18. The van der Waals surface area contributed by atoms with Gasteiger partial charge < -0.3 is 10.5 Å². The van der Waals surface area contributed by atoms with Gasteiger partial charge in [0, 0.05) is 22.1 Å². The quantitative estimate of drug-likeness (QED) is 0.237. The Balaban J connectivity index is 1.62. The molecule has 1 unspecified atom stereocenters. The van der Waals surface area contributed by atoms with Crippen LogP contribution in [0.3, 0.4) is 0 Å². The first-order valence-electron chi connectivity index (χ1n) is 12.3. The topological polar surface area (TPSA) is 77.6 Å². The summed E-state index contributed by atoms with van der Waals surface area (Å²) in [5.41, 5.74) is 11.1. The van der Waals surface area contributed by atoms with E-state index in [1.807, 2.05) is 109 Å². The molecule has 5 heteroatoms. The van der Waals surface area contributed by atoms with E-state index in [1.54, 1.807) is 0 Å². The summed E-state index contributed by atoms with van der Waals surface area (Å²) in [6, 6.07) is 39.9. The van der Waals surface area contributed by atoms with Gasteiger partial charge in [-0.3, -0.25) is 0 Å². The number of hydrogen-bond donors (Lipinski definition) is 1. The Kier molecular flexibility index (Phi) is 7.32. The van der Waals surface area contributed by atoms with Crippen molar-refractivity contribution in [1.29, 1.82) is 0 Å². The predicted octanol–water partition coefficient (Wildman–Crippen LogP) is 7.17. The molecule has 1 amide bonds. The lowest BCUT2D eigenvalue weighted by Gasteiger charge is -2.19. The molecule has 0 saturated carbocycles. The Hall–Kier alpha value is -4.77. The second-order valence-corrected chi connectivity index (χ2v) is 8.73. The summed E-state index contributed by atoms with van der Waals surface area (Å²) in [5.74, 6) is 0.536. The molecule has 37 heavy (non-hydrogen) atoms. The fourth-order valence-electron chi connectivity index (χ4n) is 4.47. The Labute approximate surface area is 216 Å². The van der Waals surface area contributed by atoms with E-state index in [2.05, 4.69) is 12.1 Å². The van der Waals surface area contributed by atoms with Crippen molar-refractivity contribution in [2.75, 3.05) is 0 Å². The van der Waals surface area contributed by atoms with E-state index < -0.39 is 12.2 Å². The lowest BCUT2D eigenvalue weighted by molar-refractivity contribution is 0.102. The van der Waals surface area contributed by atoms with Crippen molar-refractivity contribution in [3.05, 3.63) is 144 Å². The summed E-state index contributed by atoms with van der Waals surface area (Å²) < 4.78 is 5.66. The van der Waals surface area contributed by atoms with Crippen LogP contribution in [-0.2, 0) is 11.2 Å². The molecule has 0 fully saturated rings. The van der Waals surface area contributed by atoms with Gasteiger partial charge in [0.2, 0.25) is 0 Å². The number of pyridine rings is 1. The van der Waals surface area contributed by atoms with Gasteiger partial charge >= 0.3 is 6.09 Å². The third kappa shape index (κ3) is 5.90. The van der Waals surface area contributed by atoms with E-state index >= 15 is 0 Å². The monoisotopic (exact) mass is 485 g/mol. The van der Waals surface area contributed by atoms with Gasteiger partial charge in [0.1, 0.15) is 6.10 Å². The number of primary amides is 1. The number of fused-ring (bicyclic) bond motifs is 1. The zero-order valence-electron chi connectivity index (χ0n) is 20.3. The van der Waals surface area contributed by atoms with E-state index in [0.717, 1.165) is 45.3 Å². The maximum atomic E-state index is 11.9. The minimum Gasteiger partial charge on any atom is -0.441 e. The smallest absolute Gasteiger partial charge is 0.405 e. The molecule has 0 aliphatic carbocycles. The maximum Gasteiger partial charge on any atom is 0.405 e. The van der Waals surface area contributed by atoms with Crippen LogP contribution in [0.1, 0.15) is 34.8 Å². The van der Waals surface area contributed by atoms with Crippen molar-refractivity contribution in [3.8, 4) is 0 Å².